The van der Waals surface area contributed by atoms with Gasteiger partial charge in [0.1, 0.15) is 17.8 Å². The maximum Gasteiger partial charge on any atom is 0.261 e. The van der Waals surface area contributed by atoms with Crippen molar-refractivity contribution in [2.24, 2.45) is 0 Å². The highest BCUT2D eigenvalue weighted by Gasteiger charge is 2.18. The molecule has 0 fully saturated rings. The van der Waals surface area contributed by atoms with Crippen molar-refractivity contribution in [2.45, 2.75) is 13.8 Å². The van der Waals surface area contributed by atoms with Crippen LogP contribution in [0.5, 0.6) is 5.75 Å². The highest BCUT2D eigenvalue weighted by molar-refractivity contribution is 6.06. The van der Waals surface area contributed by atoms with Crippen molar-refractivity contribution in [2.75, 3.05) is 11.4 Å². The number of nitrogens with zero attached hydrogens (tertiary/aromatic N) is 1. The van der Waals surface area contributed by atoms with Crippen molar-refractivity contribution in [1.29, 1.82) is 0 Å². The van der Waals surface area contributed by atoms with Crippen LogP contribution in [-0.4, -0.2) is 17.6 Å². The van der Waals surface area contributed by atoms with Crippen molar-refractivity contribution in [3.8, 4) is 5.75 Å². The topological polar surface area (TPSA) is 53.7 Å². The fraction of sp³-hybridized carbons (Fsp3) is 0.214. The fourth-order valence-electron chi connectivity index (χ4n) is 1.82. The Kier molecular flexibility index (Phi) is 3.37. The van der Waals surface area contributed by atoms with Gasteiger partial charge < -0.3 is 14.4 Å². The average molecular weight is 245 g/mol. The Bertz CT molecular complexity index is 560. The van der Waals surface area contributed by atoms with Crippen molar-refractivity contribution >= 4 is 11.6 Å². The molecule has 0 aliphatic rings. The van der Waals surface area contributed by atoms with Gasteiger partial charge in [0.05, 0.1) is 5.56 Å². The molecule has 0 aliphatic heterocycles. The Morgan fingerprint density at radius 2 is 2.17 bits per heavy atom. The summed E-state index contributed by atoms with van der Waals surface area (Å²) < 4.78 is 5.14. The summed E-state index contributed by atoms with van der Waals surface area (Å²) in [7, 11) is 0. The van der Waals surface area contributed by atoms with Gasteiger partial charge in [0.2, 0.25) is 0 Å². The number of carbonyl (C=O) groups excluding carboxylic acids is 1. The van der Waals surface area contributed by atoms with Crippen LogP contribution in [0.1, 0.15) is 23.0 Å². The van der Waals surface area contributed by atoms with E-state index in [1.165, 1.54) is 6.26 Å². The van der Waals surface area contributed by atoms with Gasteiger partial charge >= 0.3 is 0 Å². The normalized spacial score (nSPS) is 10.3. The minimum atomic E-state index is -0.139. The molecule has 4 nitrogen and oxygen atoms in total. The lowest BCUT2D eigenvalue weighted by Crippen LogP contribution is -2.30. The minimum Gasteiger partial charge on any atom is -0.508 e. The van der Waals surface area contributed by atoms with Gasteiger partial charge in [0.25, 0.3) is 5.91 Å². The summed E-state index contributed by atoms with van der Waals surface area (Å²) in [6.07, 6.45) is 1.45. The number of phenols is 1. The van der Waals surface area contributed by atoms with E-state index in [0.717, 1.165) is 0 Å². The standard InChI is InChI=1S/C14H15NO3/c1-3-15(12-5-4-6-13(16)8-12)14(17)11-7-10(2)18-9-11/h4-9,16H,3H2,1-2H3. The van der Waals surface area contributed by atoms with E-state index in [4.69, 9.17) is 4.42 Å². The number of furan rings is 1. The molecular weight excluding hydrogens is 230 g/mol. The number of aryl methyl sites for hydroxylation is 1. The van der Waals surface area contributed by atoms with E-state index in [0.29, 0.717) is 23.6 Å². The number of hydrogen-bond acceptors (Lipinski definition) is 3. The molecule has 4 heteroatoms. The third-order valence-corrected chi connectivity index (χ3v) is 2.68. The number of benzene rings is 1. The van der Waals surface area contributed by atoms with Gasteiger partial charge in [-0.2, -0.15) is 0 Å². The van der Waals surface area contributed by atoms with E-state index < -0.39 is 0 Å². The predicted octanol–water partition coefficient (Wildman–Crippen LogP) is 2.96. The summed E-state index contributed by atoms with van der Waals surface area (Å²) in [5, 5.41) is 9.46. The van der Waals surface area contributed by atoms with E-state index in [9.17, 15) is 9.90 Å². The Balaban J connectivity index is 2.31. The molecule has 1 heterocycles. The number of phenolic OH excluding ortho intramolecular Hbond substituents is 1. The summed E-state index contributed by atoms with van der Waals surface area (Å²) in [6.45, 7) is 4.20. The summed E-state index contributed by atoms with van der Waals surface area (Å²) in [5.41, 5.74) is 1.18. The molecule has 1 amide bonds. The van der Waals surface area contributed by atoms with Crippen LogP contribution < -0.4 is 4.90 Å². The number of carbonyl (C=O) groups is 1. The lowest BCUT2D eigenvalue weighted by Gasteiger charge is -2.20. The number of hydrogen-bond donors (Lipinski definition) is 1. The number of aromatic hydroxyl groups is 1. The average Bonchev–Trinajstić information content (AvgIpc) is 2.77. The monoisotopic (exact) mass is 245 g/mol. The van der Waals surface area contributed by atoms with Crippen LogP contribution in [0.25, 0.3) is 0 Å². The largest absolute Gasteiger partial charge is 0.508 e. The summed E-state index contributed by atoms with van der Waals surface area (Å²) in [6, 6.07) is 8.33. The number of amides is 1. The second-order valence-corrected chi connectivity index (χ2v) is 4.02. The zero-order chi connectivity index (χ0) is 13.1. The molecule has 0 saturated heterocycles. The fourth-order valence-corrected chi connectivity index (χ4v) is 1.82. The van der Waals surface area contributed by atoms with E-state index in [-0.39, 0.29) is 11.7 Å². The first-order valence-electron chi connectivity index (χ1n) is 5.78. The molecule has 2 aromatic rings. The van der Waals surface area contributed by atoms with Gasteiger partial charge in [-0.05, 0) is 32.0 Å². The second kappa shape index (κ2) is 4.96. The number of rotatable bonds is 3. The first-order valence-corrected chi connectivity index (χ1v) is 5.78. The van der Waals surface area contributed by atoms with Crippen molar-refractivity contribution in [1.82, 2.24) is 0 Å². The second-order valence-electron chi connectivity index (χ2n) is 4.02. The molecule has 94 valence electrons. The van der Waals surface area contributed by atoms with Crippen LogP contribution in [0.3, 0.4) is 0 Å². The molecule has 0 radical (unpaired) electrons. The zero-order valence-corrected chi connectivity index (χ0v) is 10.4. The van der Waals surface area contributed by atoms with Crippen LogP contribution in [0.15, 0.2) is 41.0 Å². The maximum atomic E-state index is 12.3. The molecule has 0 bridgehead atoms. The first-order chi connectivity index (χ1) is 8.61. The highest BCUT2D eigenvalue weighted by atomic mass is 16.3. The van der Waals surface area contributed by atoms with Crippen molar-refractivity contribution in [3.63, 3.8) is 0 Å². The van der Waals surface area contributed by atoms with Crippen LogP contribution in [-0.2, 0) is 0 Å². The Morgan fingerprint density at radius 1 is 1.39 bits per heavy atom. The van der Waals surface area contributed by atoms with Gasteiger partial charge in [-0.15, -0.1) is 0 Å². The van der Waals surface area contributed by atoms with Crippen molar-refractivity contribution < 1.29 is 14.3 Å². The molecular formula is C14H15NO3. The number of anilines is 1. The van der Waals surface area contributed by atoms with Crippen LogP contribution in [0.4, 0.5) is 5.69 Å². The molecule has 0 atom stereocenters. The predicted molar refractivity (Wildman–Crippen MR) is 68.9 cm³/mol. The van der Waals surface area contributed by atoms with Gasteiger partial charge in [0, 0.05) is 18.3 Å². The van der Waals surface area contributed by atoms with Gasteiger partial charge in [0.15, 0.2) is 0 Å². The van der Waals surface area contributed by atoms with Gasteiger partial charge in [-0.25, -0.2) is 0 Å². The quantitative estimate of drug-likeness (QED) is 0.904. The van der Waals surface area contributed by atoms with E-state index in [1.54, 1.807) is 42.2 Å². The Labute approximate surface area is 105 Å². The molecule has 0 unspecified atom stereocenters. The lowest BCUT2D eigenvalue weighted by molar-refractivity contribution is 0.0987. The Morgan fingerprint density at radius 3 is 2.72 bits per heavy atom. The molecule has 1 N–H and O–H groups in total. The first kappa shape index (κ1) is 12.2. The molecule has 18 heavy (non-hydrogen) atoms. The van der Waals surface area contributed by atoms with Gasteiger partial charge in [-0.3, -0.25) is 4.79 Å². The third-order valence-electron chi connectivity index (χ3n) is 2.68. The summed E-state index contributed by atoms with van der Waals surface area (Å²) >= 11 is 0. The smallest absolute Gasteiger partial charge is 0.261 e. The molecule has 0 spiro atoms. The Hall–Kier alpha value is -2.23. The third kappa shape index (κ3) is 2.37. The summed E-state index contributed by atoms with van der Waals surface area (Å²) in [4.78, 5) is 13.9. The highest BCUT2D eigenvalue weighted by Crippen LogP contribution is 2.22. The van der Waals surface area contributed by atoms with Crippen LogP contribution in [0.2, 0.25) is 0 Å². The zero-order valence-electron chi connectivity index (χ0n) is 10.4. The lowest BCUT2D eigenvalue weighted by atomic mass is 10.2. The molecule has 2 rings (SSSR count). The molecule has 1 aromatic heterocycles. The molecule has 0 saturated carbocycles. The SMILES string of the molecule is CCN(C(=O)c1coc(C)c1)c1cccc(O)c1. The maximum absolute atomic E-state index is 12.3. The van der Waals surface area contributed by atoms with E-state index in [2.05, 4.69) is 0 Å². The summed E-state index contributed by atoms with van der Waals surface area (Å²) in [5.74, 6) is 0.701. The van der Waals surface area contributed by atoms with E-state index >= 15 is 0 Å². The minimum absolute atomic E-state index is 0.139. The van der Waals surface area contributed by atoms with Crippen LogP contribution >= 0.6 is 0 Å². The van der Waals surface area contributed by atoms with Crippen LogP contribution in [0, 0.1) is 6.92 Å². The van der Waals surface area contributed by atoms with Crippen molar-refractivity contribution in [3.05, 3.63) is 47.9 Å². The molecule has 1 aromatic carbocycles. The van der Waals surface area contributed by atoms with Gasteiger partial charge in [-0.1, -0.05) is 6.07 Å². The molecule has 0 aliphatic carbocycles. The van der Waals surface area contributed by atoms with E-state index in [1.807, 2.05) is 6.92 Å².